The van der Waals surface area contributed by atoms with Gasteiger partial charge >= 0.3 is 5.97 Å². The van der Waals surface area contributed by atoms with Gasteiger partial charge in [-0.05, 0) is 42.0 Å². The van der Waals surface area contributed by atoms with Crippen molar-refractivity contribution in [3.63, 3.8) is 0 Å². The normalized spacial score (nSPS) is 11.0. The Morgan fingerprint density at radius 2 is 1.77 bits per heavy atom. The molecule has 2 aromatic rings. The first kappa shape index (κ1) is 18.9. The molecule has 8 heteroatoms. The van der Waals surface area contributed by atoms with Crippen molar-refractivity contribution >= 4 is 23.6 Å². The first-order chi connectivity index (χ1) is 12.3. The number of aromatic carboxylic acids is 1. The quantitative estimate of drug-likeness (QED) is 0.768. The van der Waals surface area contributed by atoms with E-state index in [-0.39, 0.29) is 5.56 Å². The Bertz CT molecular complexity index is 880. The number of nitrogens with one attached hydrogen (secondary N) is 1. The maximum Gasteiger partial charge on any atom is 0.335 e. The molecule has 6 nitrogen and oxygen atoms in total. The standard InChI is InChI=1S/C18H15F2NO5/c1-25-15-6-3-10(8-16(15)26-2)7-13(20)17(22)21-14-9-11(18(23)24)4-5-12(14)19/h3-9H,1-2H3,(H,21,22)(H,23,24). The number of carbonyl (C=O) groups is 2. The Balaban J connectivity index is 2.23. The molecule has 1 amide bonds. The van der Waals surface area contributed by atoms with Gasteiger partial charge < -0.3 is 19.9 Å². The molecule has 0 fully saturated rings. The smallest absolute Gasteiger partial charge is 0.335 e. The third kappa shape index (κ3) is 4.35. The Morgan fingerprint density at radius 3 is 2.38 bits per heavy atom. The van der Waals surface area contributed by atoms with Crippen molar-refractivity contribution in [3.8, 4) is 11.5 Å². The second kappa shape index (κ2) is 8.11. The first-order valence-electron chi connectivity index (χ1n) is 7.29. The molecule has 0 aromatic heterocycles. The van der Waals surface area contributed by atoms with Crippen LogP contribution in [-0.4, -0.2) is 31.2 Å². The van der Waals surface area contributed by atoms with Crippen LogP contribution in [0, 0.1) is 5.82 Å². The molecule has 0 aliphatic rings. The van der Waals surface area contributed by atoms with Crippen LogP contribution < -0.4 is 14.8 Å². The Morgan fingerprint density at radius 1 is 1.08 bits per heavy atom. The second-order valence-electron chi connectivity index (χ2n) is 5.06. The zero-order chi connectivity index (χ0) is 19.3. The predicted octanol–water partition coefficient (Wildman–Crippen LogP) is 3.49. The molecule has 136 valence electrons. The summed E-state index contributed by atoms with van der Waals surface area (Å²) in [5.41, 5.74) is -0.369. The maximum absolute atomic E-state index is 14.1. The third-order valence-corrected chi connectivity index (χ3v) is 3.38. The van der Waals surface area contributed by atoms with Crippen LogP contribution in [-0.2, 0) is 4.79 Å². The highest BCUT2D eigenvalue weighted by Gasteiger charge is 2.15. The zero-order valence-electron chi connectivity index (χ0n) is 13.9. The molecule has 2 N–H and O–H groups in total. The summed E-state index contributed by atoms with van der Waals surface area (Å²) >= 11 is 0. The van der Waals surface area contributed by atoms with E-state index in [1.807, 2.05) is 5.32 Å². The number of benzene rings is 2. The van der Waals surface area contributed by atoms with E-state index in [0.29, 0.717) is 17.1 Å². The molecule has 0 unspecified atom stereocenters. The van der Waals surface area contributed by atoms with E-state index in [2.05, 4.69) is 0 Å². The highest BCUT2D eigenvalue weighted by molar-refractivity contribution is 6.05. The molecule has 26 heavy (non-hydrogen) atoms. The van der Waals surface area contributed by atoms with Gasteiger partial charge in [0.1, 0.15) is 5.82 Å². The van der Waals surface area contributed by atoms with Gasteiger partial charge in [0.2, 0.25) is 0 Å². The van der Waals surface area contributed by atoms with Crippen LogP contribution in [0.25, 0.3) is 6.08 Å². The van der Waals surface area contributed by atoms with Crippen LogP contribution in [0.3, 0.4) is 0 Å². The van der Waals surface area contributed by atoms with Gasteiger partial charge in [0.05, 0.1) is 25.5 Å². The fourth-order valence-corrected chi connectivity index (χ4v) is 2.09. The lowest BCUT2D eigenvalue weighted by Crippen LogP contribution is -2.14. The SMILES string of the molecule is COc1ccc(C=C(F)C(=O)Nc2cc(C(=O)O)ccc2F)cc1OC. The van der Waals surface area contributed by atoms with Crippen LogP contribution >= 0.6 is 0 Å². The van der Waals surface area contributed by atoms with E-state index in [0.717, 1.165) is 24.3 Å². The summed E-state index contributed by atoms with van der Waals surface area (Å²) in [5, 5.41) is 10.9. The molecule has 0 radical (unpaired) electrons. The number of ether oxygens (including phenoxy) is 2. The van der Waals surface area contributed by atoms with Gasteiger partial charge in [-0.1, -0.05) is 6.07 Å². The fraction of sp³-hybridized carbons (Fsp3) is 0.111. The number of halogens is 2. The number of carboxylic acids is 1. The van der Waals surface area contributed by atoms with Crippen LogP contribution in [0.4, 0.5) is 14.5 Å². The van der Waals surface area contributed by atoms with Crippen molar-refractivity contribution < 1.29 is 33.0 Å². The van der Waals surface area contributed by atoms with E-state index < -0.39 is 29.2 Å². The van der Waals surface area contributed by atoms with Crippen molar-refractivity contribution in [3.05, 3.63) is 59.2 Å². The van der Waals surface area contributed by atoms with Gasteiger partial charge in [0, 0.05) is 0 Å². The molecule has 2 rings (SSSR count). The molecule has 0 spiro atoms. The summed E-state index contributed by atoms with van der Waals surface area (Å²) in [6.45, 7) is 0. The fourth-order valence-electron chi connectivity index (χ4n) is 2.09. The predicted molar refractivity (Wildman–Crippen MR) is 90.6 cm³/mol. The van der Waals surface area contributed by atoms with Crippen LogP contribution in [0.5, 0.6) is 11.5 Å². The third-order valence-electron chi connectivity index (χ3n) is 3.38. The largest absolute Gasteiger partial charge is 0.493 e. The summed E-state index contributed by atoms with van der Waals surface area (Å²) in [6.07, 6.45) is 0.927. The van der Waals surface area contributed by atoms with Gasteiger partial charge in [0.25, 0.3) is 5.91 Å². The molecule has 0 heterocycles. The van der Waals surface area contributed by atoms with Gasteiger partial charge in [-0.25, -0.2) is 13.6 Å². The lowest BCUT2D eigenvalue weighted by atomic mass is 10.1. The van der Waals surface area contributed by atoms with Crippen LogP contribution in [0.1, 0.15) is 15.9 Å². The molecule has 0 saturated carbocycles. The van der Waals surface area contributed by atoms with E-state index >= 15 is 0 Å². The van der Waals surface area contributed by atoms with Crippen LogP contribution in [0.2, 0.25) is 0 Å². The van der Waals surface area contributed by atoms with E-state index in [1.54, 1.807) is 0 Å². The molecular weight excluding hydrogens is 348 g/mol. The highest BCUT2D eigenvalue weighted by atomic mass is 19.1. The van der Waals surface area contributed by atoms with E-state index in [1.165, 1.54) is 32.4 Å². The topological polar surface area (TPSA) is 84.9 Å². The lowest BCUT2D eigenvalue weighted by molar-refractivity contribution is -0.114. The van der Waals surface area contributed by atoms with Gasteiger partial charge in [0.15, 0.2) is 17.3 Å². The summed E-state index contributed by atoms with van der Waals surface area (Å²) in [5.74, 6) is -3.83. The number of hydrogen-bond donors (Lipinski definition) is 2. The summed E-state index contributed by atoms with van der Waals surface area (Å²) in [4.78, 5) is 22.8. The maximum atomic E-state index is 14.1. The van der Waals surface area contributed by atoms with Crippen molar-refractivity contribution in [2.75, 3.05) is 19.5 Å². The average molecular weight is 363 g/mol. The van der Waals surface area contributed by atoms with E-state index in [4.69, 9.17) is 14.6 Å². The number of carbonyl (C=O) groups excluding carboxylic acids is 1. The second-order valence-corrected chi connectivity index (χ2v) is 5.06. The molecule has 0 aliphatic carbocycles. The van der Waals surface area contributed by atoms with Gasteiger partial charge in [-0.2, -0.15) is 0 Å². The number of rotatable bonds is 6. The minimum absolute atomic E-state index is 0.244. The summed E-state index contributed by atoms with van der Waals surface area (Å²) in [7, 11) is 2.85. The number of anilines is 1. The van der Waals surface area contributed by atoms with Crippen molar-refractivity contribution in [2.45, 2.75) is 0 Å². The number of methoxy groups -OCH3 is 2. The van der Waals surface area contributed by atoms with Crippen LogP contribution in [0.15, 0.2) is 42.2 Å². The van der Waals surface area contributed by atoms with E-state index in [9.17, 15) is 18.4 Å². The number of hydrogen-bond acceptors (Lipinski definition) is 4. The molecule has 0 bridgehead atoms. The number of amides is 1. The molecule has 0 atom stereocenters. The average Bonchev–Trinajstić information content (AvgIpc) is 2.62. The molecule has 0 saturated heterocycles. The summed E-state index contributed by atoms with van der Waals surface area (Å²) in [6, 6.07) is 7.29. The molecule has 2 aromatic carbocycles. The van der Waals surface area contributed by atoms with Crippen molar-refractivity contribution in [2.24, 2.45) is 0 Å². The molecule has 0 aliphatic heterocycles. The number of carboxylic acid groups (broad SMARTS) is 1. The zero-order valence-corrected chi connectivity index (χ0v) is 13.9. The summed E-state index contributed by atoms with van der Waals surface area (Å²) < 4.78 is 37.9. The highest BCUT2D eigenvalue weighted by Crippen LogP contribution is 2.28. The Hall–Kier alpha value is -3.42. The van der Waals surface area contributed by atoms with Crippen molar-refractivity contribution in [1.82, 2.24) is 0 Å². The molecular formula is C18H15F2NO5. The van der Waals surface area contributed by atoms with Crippen molar-refractivity contribution in [1.29, 1.82) is 0 Å². The first-order valence-corrected chi connectivity index (χ1v) is 7.29. The Kier molecular flexibility index (Phi) is 5.90. The minimum Gasteiger partial charge on any atom is -0.493 e. The Labute approximate surface area is 147 Å². The monoisotopic (exact) mass is 363 g/mol. The minimum atomic E-state index is -1.30. The van der Waals surface area contributed by atoms with Gasteiger partial charge in [-0.15, -0.1) is 0 Å². The van der Waals surface area contributed by atoms with Gasteiger partial charge in [-0.3, -0.25) is 4.79 Å². The lowest BCUT2D eigenvalue weighted by Gasteiger charge is -2.08.